The number of aromatic nitrogens is 1. The minimum absolute atomic E-state index is 0.122. The van der Waals surface area contributed by atoms with Gasteiger partial charge in [0.25, 0.3) is 11.5 Å². The number of halogens is 1. The zero-order chi connectivity index (χ0) is 23.1. The number of hydrogen-bond donors (Lipinski definition) is 4. The molecule has 0 fully saturated rings. The standard InChI is InChI=1S/C23H24FN5O3/c1-2-32-23(21(30)27-14-16-11-10-15(20(25)26)13-18(16)24)29-12-6-9-19(22(29)31)28-17-7-4-3-5-8-17/h3-13,23,28H,2,14H2,1H3,(H3,25,26)(H,27,30)/t23-/m0/s1. The lowest BCUT2D eigenvalue weighted by Gasteiger charge is -2.20. The van der Waals surface area contributed by atoms with Gasteiger partial charge in [-0.3, -0.25) is 19.6 Å². The Morgan fingerprint density at radius 3 is 2.59 bits per heavy atom. The van der Waals surface area contributed by atoms with Gasteiger partial charge in [0, 0.05) is 36.2 Å². The molecule has 0 aliphatic carbocycles. The number of ether oxygens (including phenoxy) is 1. The third-order valence-electron chi connectivity index (χ3n) is 4.65. The molecule has 0 spiro atoms. The summed E-state index contributed by atoms with van der Waals surface area (Å²) >= 11 is 0. The molecule has 0 unspecified atom stereocenters. The minimum atomic E-state index is -1.23. The van der Waals surface area contributed by atoms with Gasteiger partial charge in [0.2, 0.25) is 6.23 Å². The summed E-state index contributed by atoms with van der Waals surface area (Å²) in [5, 5.41) is 13.0. The summed E-state index contributed by atoms with van der Waals surface area (Å²) < 4.78 is 21.0. The molecule has 32 heavy (non-hydrogen) atoms. The quantitative estimate of drug-likeness (QED) is 0.303. The van der Waals surface area contributed by atoms with Crippen LogP contribution in [0.1, 0.15) is 24.3 Å². The van der Waals surface area contributed by atoms with Crippen molar-refractivity contribution < 1.29 is 13.9 Å². The van der Waals surface area contributed by atoms with Crippen molar-refractivity contribution in [2.45, 2.75) is 19.7 Å². The maximum absolute atomic E-state index is 14.3. The van der Waals surface area contributed by atoms with Crippen LogP contribution in [0, 0.1) is 11.2 Å². The fourth-order valence-corrected chi connectivity index (χ4v) is 3.03. The van der Waals surface area contributed by atoms with E-state index in [0.29, 0.717) is 0 Å². The molecule has 1 aromatic heterocycles. The highest BCUT2D eigenvalue weighted by Gasteiger charge is 2.23. The van der Waals surface area contributed by atoms with Gasteiger partial charge in [-0.2, -0.15) is 0 Å². The van der Waals surface area contributed by atoms with E-state index in [2.05, 4.69) is 10.6 Å². The molecular weight excluding hydrogens is 413 g/mol. The number of hydrogen-bond acceptors (Lipinski definition) is 5. The second-order valence-electron chi connectivity index (χ2n) is 6.87. The highest BCUT2D eigenvalue weighted by atomic mass is 19.1. The van der Waals surface area contributed by atoms with Crippen molar-refractivity contribution in [3.05, 3.63) is 94.2 Å². The van der Waals surface area contributed by atoms with Crippen LogP contribution in [0.5, 0.6) is 0 Å². The third kappa shape index (κ3) is 5.38. The average Bonchev–Trinajstić information content (AvgIpc) is 2.78. The van der Waals surface area contributed by atoms with Crippen LogP contribution >= 0.6 is 0 Å². The first kappa shape index (κ1) is 22.7. The van der Waals surface area contributed by atoms with E-state index in [9.17, 15) is 14.0 Å². The van der Waals surface area contributed by atoms with Crippen molar-refractivity contribution in [1.29, 1.82) is 5.41 Å². The van der Waals surface area contributed by atoms with Gasteiger partial charge in [0.1, 0.15) is 17.3 Å². The Morgan fingerprint density at radius 2 is 1.94 bits per heavy atom. The first-order valence-electron chi connectivity index (χ1n) is 9.96. The number of amides is 1. The summed E-state index contributed by atoms with van der Waals surface area (Å²) in [6.07, 6.45) is 0.227. The zero-order valence-electron chi connectivity index (χ0n) is 17.5. The van der Waals surface area contributed by atoms with Gasteiger partial charge >= 0.3 is 0 Å². The third-order valence-corrected chi connectivity index (χ3v) is 4.65. The monoisotopic (exact) mass is 437 g/mol. The number of amidine groups is 1. The predicted molar refractivity (Wildman–Crippen MR) is 120 cm³/mol. The molecule has 0 aliphatic heterocycles. The lowest BCUT2D eigenvalue weighted by Crippen LogP contribution is -2.38. The molecule has 0 bridgehead atoms. The Kier molecular flexibility index (Phi) is 7.35. The number of nitrogens with two attached hydrogens (primary N) is 1. The van der Waals surface area contributed by atoms with E-state index in [4.69, 9.17) is 15.9 Å². The maximum atomic E-state index is 14.3. The van der Waals surface area contributed by atoms with Crippen LogP contribution in [0.25, 0.3) is 0 Å². The molecule has 0 saturated heterocycles. The van der Waals surface area contributed by atoms with E-state index < -0.39 is 23.5 Å². The highest BCUT2D eigenvalue weighted by molar-refractivity contribution is 5.94. The predicted octanol–water partition coefficient (Wildman–Crippen LogP) is 2.87. The average molecular weight is 437 g/mol. The molecule has 8 nitrogen and oxygen atoms in total. The molecule has 3 aromatic rings. The van der Waals surface area contributed by atoms with E-state index in [1.165, 1.54) is 22.9 Å². The van der Waals surface area contributed by atoms with Crippen molar-refractivity contribution in [3.63, 3.8) is 0 Å². The van der Waals surface area contributed by atoms with Crippen LogP contribution in [0.15, 0.2) is 71.7 Å². The van der Waals surface area contributed by atoms with Gasteiger partial charge in [-0.1, -0.05) is 30.3 Å². The molecule has 3 rings (SSSR count). The molecule has 1 heterocycles. The van der Waals surface area contributed by atoms with E-state index in [0.717, 1.165) is 11.8 Å². The van der Waals surface area contributed by atoms with Crippen molar-refractivity contribution in [3.8, 4) is 0 Å². The summed E-state index contributed by atoms with van der Waals surface area (Å²) in [4.78, 5) is 25.8. The van der Waals surface area contributed by atoms with Crippen LogP contribution in [0.3, 0.4) is 0 Å². The Hall–Kier alpha value is -3.98. The molecule has 0 saturated carbocycles. The van der Waals surface area contributed by atoms with Gasteiger partial charge in [-0.25, -0.2) is 4.39 Å². The van der Waals surface area contributed by atoms with Crippen LogP contribution in [-0.2, 0) is 16.1 Å². The van der Waals surface area contributed by atoms with Crippen molar-refractivity contribution in [2.24, 2.45) is 5.73 Å². The van der Waals surface area contributed by atoms with Gasteiger partial charge in [-0.05, 0) is 37.3 Å². The van der Waals surface area contributed by atoms with Gasteiger partial charge < -0.3 is 21.1 Å². The second-order valence-corrected chi connectivity index (χ2v) is 6.87. The van der Waals surface area contributed by atoms with E-state index in [1.807, 2.05) is 30.3 Å². The summed E-state index contributed by atoms with van der Waals surface area (Å²) in [5.41, 5.74) is 6.39. The summed E-state index contributed by atoms with van der Waals surface area (Å²) in [6, 6.07) is 16.5. The van der Waals surface area contributed by atoms with Crippen molar-refractivity contribution in [1.82, 2.24) is 9.88 Å². The minimum Gasteiger partial charge on any atom is -0.384 e. The van der Waals surface area contributed by atoms with Gasteiger partial charge in [0.05, 0.1) is 0 Å². The van der Waals surface area contributed by atoms with E-state index >= 15 is 0 Å². The topological polar surface area (TPSA) is 122 Å². The maximum Gasteiger partial charge on any atom is 0.276 e. The lowest BCUT2D eigenvalue weighted by atomic mass is 10.1. The Labute approximate surface area is 184 Å². The molecular formula is C23H24FN5O3. The Bertz CT molecular complexity index is 1160. The van der Waals surface area contributed by atoms with Crippen molar-refractivity contribution >= 4 is 23.1 Å². The fourth-order valence-electron chi connectivity index (χ4n) is 3.03. The molecule has 0 aliphatic rings. The number of benzene rings is 2. The van der Waals surface area contributed by atoms with Crippen molar-refractivity contribution in [2.75, 3.05) is 11.9 Å². The number of pyridine rings is 1. The van der Waals surface area contributed by atoms with Gasteiger partial charge in [0.15, 0.2) is 0 Å². The first-order valence-corrected chi connectivity index (χ1v) is 9.96. The number of para-hydroxylation sites is 1. The lowest BCUT2D eigenvalue weighted by molar-refractivity contribution is -0.139. The van der Waals surface area contributed by atoms with Crippen LogP contribution in [0.2, 0.25) is 0 Å². The van der Waals surface area contributed by atoms with E-state index in [-0.39, 0.29) is 35.8 Å². The SMILES string of the molecule is CCO[C@@H](C(=O)NCc1ccc(C(=N)N)cc1F)n1cccc(Nc2ccccc2)c1=O. The highest BCUT2D eigenvalue weighted by Crippen LogP contribution is 2.15. The van der Waals surface area contributed by atoms with Crippen LogP contribution in [0.4, 0.5) is 15.8 Å². The largest absolute Gasteiger partial charge is 0.384 e. The number of anilines is 2. The van der Waals surface area contributed by atoms with Crippen LogP contribution in [-0.4, -0.2) is 22.9 Å². The zero-order valence-corrected chi connectivity index (χ0v) is 17.5. The number of carbonyl (C=O) groups is 1. The van der Waals surface area contributed by atoms with E-state index in [1.54, 1.807) is 19.1 Å². The molecule has 0 radical (unpaired) electrons. The summed E-state index contributed by atoms with van der Waals surface area (Å²) in [7, 11) is 0. The molecule has 5 N–H and O–H groups in total. The molecule has 1 amide bonds. The first-order chi connectivity index (χ1) is 15.4. The fraction of sp³-hybridized carbons (Fsp3) is 0.174. The molecule has 166 valence electrons. The van der Waals surface area contributed by atoms with Crippen LogP contribution < -0.4 is 21.9 Å². The molecule has 2 aromatic carbocycles. The summed E-state index contributed by atoms with van der Waals surface area (Å²) in [5.74, 6) is -1.45. The second kappa shape index (κ2) is 10.4. The Balaban J connectivity index is 1.79. The van der Waals surface area contributed by atoms with Gasteiger partial charge in [-0.15, -0.1) is 0 Å². The molecule has 9 heteroatoms. The summed E-state index contributed by atoms with van der Waals surface area (Å²) in [6.45, 7) is 1.77. The normalized spacial score (nSPS) is 11.6. The number of carbonyl (C=O) groups excluding carboxylic acids is 1. The number of nitrogen functional groups attached to an aromatic ring is 1. The number of rotatable bonds is 9. The number of nitrogens with one attached hydrogen (secondary N) is 3. The number of nitrogens with zero attached hydrogens (tertiary/aromatic N) is 1. The smallest absolute Gasteiger partial charge is 0.276 e. The molecule has 1 atom stereocenters. The Morgan fingerprint density at radius 1 is 1.19 bits per heavy atom.